The fourth-order valence-corrected chi connectivity index (χ4v) is 1.29. The van der Waals surface area contributed by atoms with Crippen molar-refractivity contribution in [3.8, 4) is 0 Å². The van der Waals surface area contributed by atoms with Crippen LogP contribution < -0.4 is 0 Å². The van der Waals surface area contributed by atoms with Crippen molar-refractivity contribution in [1.82, 2.24) is 0 Å². The molecule has 0 saturated carbocycles. The zero-order valence-electron chi connectivity index (χ0n) is 7.72. The van der Waals surface area contributed by atoms with Crippen LogP contribution in [0.3, 0.4) is 0 Å². The molecule has 0 heteroatoms. The Hall–Kier alpha value is -1.26. The highest BCUT2D eigenvalue weighted by Crippen LogP contribution is 2.17. The highest BCUT2D eigenvalue weighted by atomic mass is 14.0. The molecule has 0 saturated heterocycles. The molecular formula is C12H14. The zero-order valence-corrected chi connectivity index (χ0v) is 7.72. The summed E-state index contributed by atoms with van der Waals surface area (Å²) in [4.78, 5) is 0. The molecule has 0 aliphatic carbocycles. The van der Waals surface area contributed by atoms with Gasteiger partial charge >= 0.3 is 0 Å². The van der Waals surface area contributed by atoms with Gasteiger partial charge in [-0.1, -0.05) is 37.8 Å². The second-order valence-corrected chi connectivity index (χ2v) is 2.81. The van der Waals surface area contributed by atoms with E-state index in [9.17, 15) is 0 Å². The topological polar surface area (TPSA) is 0 Å². The van der Waals surface area contributed by atoms with Gasteiger partial charge in [0.25, 0.3) is 0 Å². The van der Waals surface area contributed by atoms with Crippen molar-refractivity contribution < 1.29 is 0 Å². The molecule has 0 unspecified atom stereocenters. The second-order valence-electron chi connectivity index (χ2n) is 2.81. The SMILES string of the molecule is C=C=C(C)c1ccccc1CC. The maximum absolute atomic E-state index is 3.65. The van der Waals surface area contributed by atoms with E-state index in [1.54, 1.807) is 0 Å². The Labute approximate surface area is 74.2 Å². The van der Waals surface area contributed by atoms with Crippen LogP contribution in [0, 0.1) is 0 Å². The van der Waals surface area contributed by atoms with E-state index in [1.165, 1.54) is 11.1 Å². The van der Waals surface area contributed by atoms with Crippen molar-refractivity contribution in [2.75, 3.05) is 0 Å². The largest absolute Gasteiger partial charge is 0.125 e. The van der Waals surface area contributed by atoms with Crippen LogP contribution in [0.25, 0.3) is 5.57 Å². The molecule has 0 nitrogen and oxygen atoms in total. The number of hydrogen-bond acceptors (Lipinski definition) is 0. The first-order valence-electron chi connectivity index (χ1n) is 4.24. The molecule has 0 aliphatic heterocycles. The lowest BCUT2D eigenvalue weighted by atomic mass is 10.00. The van der Waals surface area contributed by atoms with Crippen molar-refractivity contribution >= 4 is 5.57 Å². The summed E-state index contributed by atoms with van der Waals surface area (Å²) in [5.74, 6) is 0. The minimum Gasteiger partial charge on any atom is -0.125 e. The zero-order chi connectivity index (χ0) is 8.97. The van der Waals surface area contributed by atoms with Crippen LogP contribution in [0.2, 0.25) is 0 Å². The second kappa shape index (κ2) is 3.94. The van der Waals surface area contributed by atoms with Crippen molar-refractivity contribution in [1.29, 1.82) is 0 Å². The van der Waals surface area contributed by atoms with Gasteiger partial charge in [-0.05, 0) is 30.0 Å². The molecule has 0 atom stereocenters. The molecule has 0 aromatic heterocycles. The van der Waals surface area contributed by atoms with Crippen LogP contribution in [0.15, 0.2) is 36.6 Å². The lowest BCUT2D eigenvalue weighted by Crippen LogP contribution is -1.87. The number of hydrogen-bond donors (Lipinski definition) is 0. The van der Waals surface area contributed by atoms with Crippen LogP contribution >= 0.6 is 0 Å². The van der Waals surface area contributed by atoms with Crippen molar-refractivity contribution in [2.24, 2.45) is 0 Å². The summed E-state index contributed by atoms with van der Waals surface area (Å²) < 4.78 is 0. The smallest absolute Gasteiger partial charge is 0.00225 e. The van der Waals surface area contributed by atoms with E-state index in [1.807, 2.05) is 6.92 Å². The van der Waals surface area contributed by atoms with E-state index in [2.05, 4.69) is 43.5 Å². The number of benzene rings is 1. The van der Waals surface area contributed by atoms with Gasteiger partial charge in [-0.2, -0.15) is 0 Å². The molecule has 62 valence electrons. The molecule has 0 radical (unpaired) electrons. The summed E-state index contributed by atoms with van der Waals surface area (Å²) in [6, 6.07) is 8.39. The molecular weight excluding hydrogens is 144 g/mol. The molecule has 0 bridgehead atoms. The predicted octanol–water partition coefficient (Wildman–Crippen LogP) is 3.44. The van der Waals surface area contributed by atoms with E-state index in [4.69, 9.17) is 0 Å². The van der Waals surface area contributed by atoms with Gasteiger partial charge in [0, 0.05) is 0 Å². The quantitative estimate of drug-likeness (QED) is 0.578. The summed E-state index contributed by atoms with van der Waals surface area (Å²) in [5.41, 5.74) is 6.69. The predicted molar refractivity (Wildman–Crippen MR) is 54.0 cm³/mol. The Morgan fingerprint density at radius 2 is 2.08 bits per heavy atom. The number of allylic oxidation sites excluding steroid dienone is 1. The monoisotopic (exact) mass is 158 g/mol. The average molecular weight is 158 g/mol. The molecule has 1 rings (SSSR count). The Morgan fingerprint density at radius 1 is 1.42 bits per heavy atom. The first-order valence-corrected chi connectivity index (χ1v) is 4.24. The van der Waals surface area contributed by atoms with Crippen molar-refractivity contribution in [2.45, 2.75) is 20.3 Å². The molecule has 0 spiro atoms. The lowest BCUT2D eigenvalue weighted by Gasteiger charge is -2.04. The highest BCUT2D eigenvalue weighted by molar-refractivity contribution is 5.65. The number of rotatable bonds is 2. The highest BCUT2D eigenvalue weighted by Gasteiger charge is 1.99. The maximum atomic E-state index is 3.65. The Balaban J connectivity index is 3.22. The summed E-state index contributed by atoms with van der Waals surface area (Å²) in [5, 5.41) is 0. The van der Waals surface area contributed by atoms with Crippen molar-refractivity contribution in [3.05, 3.63) is 47.7 Å². The third kappa shape index (κ3) is 1.66. The summed E-state index contributed by atoms with van der Waals surface area (Å²) in [6.07, 6.45) is 1.06. The molecule has 0 amide bonds. The summed E-state index contributed by atoms with van der Waals surface area (Å²) >= 11 is 0. The minimum absolute atomic E-state index is 1.06. The Morgan fingerprint density at radius 3 is 2.67 bits per heavy atom. The van der Waals surface area contributed by atoms with Crippen molar-refractivity contribution in [3.63, 3.8) is 0 Å². The van der Waals surface area contributed by atoms with Gasteiger partial charge in [0.1, 0.15) is 0 Å². The van der Waals surface area contributed by atoms with Crippen LogP contribution in [-0.4, -0.2) is 0 Å². The normalized spacial score (nSPS) is 9.17. The fourth-order valence-electron chi connectivity index (χ4n) is 1.29. The first kappa shape index (κ1) is 8.83. The van der Waals surface area contributed by atoms with E-state index in [0.29, 0.717) is 0 Å². The van der Waals surface area contributed by atoms with Gasteiger partial charge < -0.3 is 0 Å². The van der Waals surface area contributed by atoms with Crippen LogP contribution in [-0.2, 0) is 6.42 Å². The minimum atomic E-state index is 1.06. The summed E-state index contributed by atoms with van der Waals surface area (Å²) in [7, 11) is 0. The number of aryl methyl sites for hydroxylation is 1. The van der Waals surface area contributed by atoms with Crippen LogP contribution in [0.1, 0.15) is 25.0 Å². The molecule has 1 aromatic carbocycles. The van der Waals surface area contributed by atoms with Crippen LogP contribution in [0.4, 0.5) is 0 Å². The van der Waals surface area contributed by atoms with E-state index in [-0.39, 0.29) is 0 Å². The molecule has 1 aromatic rings. The lowest BCUT2D eigenvalue weighted by molar-refractivity contribution is 1.13. The molecule has 12 heavy (non-hydrogen) atoms. The average Bonchev–Trinajstić information content (AvgIpc) is 2.16. The van der Waals surface area contributed by atoms with Gasteiger partial charge in [0.15, 0.2) is 0 Å². The van der Waals surface area contributed by atoms with Gasteiger partial charge in [0.2, 0.25) is 0 Å². The van der Waals surface area contributed by atoms with E-state index < -0.39 is 0 Å². The first-order chi connectivity index (χ1) is 5.79. The molecule has 0 aliphatic rings. The third-order valence-corrected chi connectivity index (χ3v) is 2.07. The summed E-state index contributed by atoms with van der Waals surface area (Å²) in [6.45, 7) is 7.86. The van der Waals surface area contributed by atoms with E-state index in [0.717, 1.165) is 12.0 Å². The van der Waals surface area contributed by atoms with Gasteiger partial charge in [-0.25, -0.2) is 0 Å². The van der Waals surface area contributed by atoms with Gasteiger partial charge in [0.05, 0.1) is 0 Å². The molecule has 0 N–H and O–H groups in total. The fraction of sp³-hybridized carbons (Fsp3) is 0.250. The molecule has 0 heterocycles. The van der Waals surface area contributed by atoms with E-state index >= 15 is 0 Å². The molecule has 0 fully saturated rings. The van der Waals surface area contributed by atoms with Gasteiger partial charge in [-0.15, -0.1) is 5.73 Å². The van der Waals surface area contributed by atoms with Gasteiger partial charge in [-0.3, -0.25) is 0 Å². The van der Waals surface area contributed by atoms with Crippen LogP contribution in [0.5, 0.6) is 0 Å². The standard InChI is InChI=1S/C12H14/c1-4-10(3)12-9-7-6-8-11(12)5-2/h6-9H,1,5H2,2-3H3. The Bertz CT molecular complexity index is 315. The third-order valence-electron chi connectivity index (χ3n) is 2.07. The maximum Gasteiger partial charge on any atom is -0.00225 e. The Kier molecular flexibility index (Phi) is 2.90.